The minimum Gasteiger partial charge on any atom is -0.506 e. The Morgan fingerprint density at radius 3 is 2.61 bits per heavy atom. The number of aromatic hydroxyl groups is 1. The molecule has 7 nitrogen and oxygen atoms in total. The number of aromatic nitrogens is 1. The molecule has 0 bridgehead atoms. The van der Waals surface area contributed by atoms with Crippen LogP contribution in [0.5, 0.6) is 5.75 Å². The minimum atomic E-state index is -0.442. The van der Waals surface area contributed by atoms with Crippen molar-refractivity contribution in [2.24, 2.45) is 0 Å². The molecule has 1 aromatic heterocycles. The third-order valence-corrected chi connectivity index (χ3v) is 3.26. The van der Waals surface area contributed by atoms with Gasteiger partial charge in [-0.3, -0.25) is 4.79 Å². The molecule has 0 spiro atoms. The molecule has 1 amide bonds. The van der Waals surface area contributed by atoms with Crippen molar-refractivity contribution >= 4 is 28.5 Å². The number of aromatic amines is 1. The lowest BCUT2D eigenvalue weighted by Gasteiger charge is -2.10. The maximum Gasteiger partial charge on any atom is 0.340 e. The molecule has 0 atom stereocenters. The highest BCUT2D eigenvalue weighted by Gasteiger charge is 2.21. The predicted octanol–water partition coefficient (Wildman–Crippen LogP) is 2.07. The highest BCUT2D eigenvalue weighted by molar-refractivity contribution is 6.07. The van der Waals surface area contributed by atoms with Crippen LogP contribution in [0, 0.1) is 0 Å². The quantitative estimate of drug-likeness (QED) is 0.579. The second-order valence-corrected chi connectivity index (χ2v) is 5.53. The van der Waals surface area contributed by atoms with E-state index in [-0.39, 0.29) is 24.0 Å². The summed E-state index contributed by atoms with van der Waals surface area (Å²) >= 11 is 0. The van der Waals surface area contributed by atoms with Crippen LogP contribution in [0.15, 0.2) is 12.1 Å². The average molecular weight is 319 g/mol. The number of ether oxygens (including phenoxy) is 1. The molecule has 0 aliphatic rings. The van der Waals surface area contributed by atoms with Crippen molar-refractivity contribution in [2.45, 2.75) is 20.4 Å². The molecule has 2 aromatic rings. The summed E-state index contributed by atoms with van der Waals surface area (Å²) < 4.78 is 5.12. The van der Waals surface area contributed by atoms with Crippen LogP contribution in [0.25, 0.3) is 10.9 Å². The van der Waals surface area contributed by atoms with E-state index in [2.05, 4.69) is 10.3 Å². The normalized spacial score (nSPS) is 11.0. The second kappa shape index (κ2) is 6.70. The fourth-order valence-electron chi connectivity index (χ4n) is 2.45. The SMILES string of the molecule is CCOC(=O)c1c(CN(C)C)[nH]c2cc(NC(C)=O)c(O)cc12. The van der Waals surface area contributed by atoms with E-state index in [1.165, 1.54) is 13.0 Å². The fraction of sp³-hybridized carbons (Fsp3) is 0.375. The number of carbonyl (C=O) groups excluding carboxylic acids is 2. The first kappa shape index (κ1) is 16.8. The summed E-state index contributed by atoms with van der Waals surface area (Å²) in [6, 6.07) is 3.07. The molecule has 0 fully saturated rings. The Morgan fingerprint density at radius 1 is 1.35 bits per heavy atom. The van der Waals surface area contributed by atoms with Gasteiger partial charge in [-0.1, -0.05) is 0 Å². The van der Waals surface area contributed by atoms with Gasteiger partial charge in [0.2, 0.25) is 5.91 Å². The largest absolute Gasteiger partial charge is 0.506 e. The Balaban J connectivity index is 2.61. The van der Waals surface area contributed by atoms with E-state index in [4.69, 9.17) is 4.74 Å². The molecule has 3 N–H and O–H groups in total. The number of carbonyl (C=O) groups is 2. The third kappa shape index (κ3) is 3.62. The Hall–Kier alpha value is -2.54. The molecule has 1 aromatic carbocycles. The van der Waals surface area contributed by atoms with Crippen molar-refractivity contribution in [3.63, 3.8) is 0 Å². The summed E-state index contributed by atoms with van der Waals surface area (Å²) in [6.45, 7) is 3.88. The Bertz CT molecular complexity index is 749. The van der Waals surface area contributed by atoms with E-state index >= 15 is 0 Å². The van der Waals surface area contributed by atoms with Gasteiger partial charge in [0.1, 0.15) is 5.75 Å². The van der Waals surface area contributed by atoms with Gasteiger partial charge < -0.3 is 25.0 Å². The molecule has 0 radical (unpaired) electrons. The molecular weight excluding hydrogens is 298 g/mol. The number of hydrogen-bond donors (Lipinski definition) is 3. The van der Waals surface area contributed by atoms with Gasteiger partial charge in [-0.15, -0.1) is 0 Å². The average Bonchev–Trinajstić information content (AvgIpc) is 2.75. The van der Waals surface area contributed by atoms with Gasteiger partial charge in [0, 0.05) is 30.1 Å². The lowest BCUT2D eigenvalue weighted by atomic mass is 10.1. The third-order valence-electron chi connectivity index (χ3n) is 3.26. The van der Waals surface area contributed by atoms with Crippen LogP contribution in [0.2, 0.25) is 0 Å². The number of nitrogens with zero attached hydrogens (tertiary/aromatic N) is 1. The molecule has 7 heteroatoms. The van der Waals surface area contributed by atoms with Gasteiger partial charge in [-0.2, -0.15) is 0 Å². The highest BCUT2D eigenvalue weighted by Crippen LogP contribution is 2.33. The maximum absolute atomic E-state index is 12.3. The summed E-state index contributed by atoms with van der Waals surface area (Å²) in [7, 11) is 3.78. The van der Waals surface area contributed by atoms with Crippen LogP contribution in [-0.2, 0) is 16.1 Å². The van der Waals surface area contributed by atoms with Crippen molar-refractivity contribution in [3.8, 4) is 5.75 Å². The van der Waals surface area contributed by atoms with Gasteiger partial charge >= 0.3 is 5.97 Å². The van der Waals surface area contributed by atoms with Gasteiger partial charge in [0.05, 0.1) is 17.9 Å². The predicted molar refractivity (Wildman–Crippen MR) is 87.6 cm³/mol. The molecular formula is C16H21N3O4. The molecule has 0 saturated carbocycles. The van der Waals surface area contributed by atoms with Crippen LogP contribution in [0.4, 0.5) is 5.69 Å². The number of rotatable bonds is 5. The summed E-state index contributed by atoms with van der Waals surface area (Å²) in [5, 5.41) is 13.2. The van der Waals surface area contributed by atoms with Crippen LogP contribution >= 0.6 is 0 Å². The van der Waals surface area contributed by atoms with Gasteiger partial charge in [0.25, 0.3) is 0 Å². The zero-order valence-corrected chi connectivity index (χ0v) is 13.7. The number of fused-ring (bicyclic) bond motifs is 1. The molecule has 1 heterocycles. The Kier molecular flexibility index (Phi) is 4.90. The molecule has 0 unspecified atom stereocenters. The van der Waals surface area contributed by atoms with Gasteiger partial charge in [0.15, 0.2) is 0 Å². The lowest BCUT2D eigenvalue weighted by Crippen LogP contribution is -2.15. The van der Waals surface area contributed by atoms with Crippen molar-refractivity contribution < 1.29 is 19.4 Å². The highest BCUT2D eigenvalue weighted by atomic mass is 16.5. The monoisotopic (exact) mass is 319 g/mol. The first-order valence-corrected chi connectivity index (χ1v) is 7.30. The molecule has 0 aliphatic carbocycles. The van der Waals surface area contributed by atoms with Crippen molar-refractivity contribution in [2.75, 3.05) is 26.0 Å². The zero-order valence-electron chi connectivity index (χ0n) is 13.7. The topological polar surface area (TPSA) is 94.7 Å². The van der Waals surface area contributed by atoms with E-state index in [9.17, 15) is 14.7 Å². The number of hydrogen-bond acceptors (Lipinski definition) is 5. The maximum atomic E-state index is 12.3. The number of phenols is 1. The van der Waals surface area contributed by atoms with E-state index in [0.717, 1.165) is 0 Å². The minimum absolute atomic E-state index is 0.103. The summed E-state index contributed by atoms with van der Waals surface area (Å²) in [6.07, 6.45) is 0. The lowest BCUT2D eigenvalue weighted by molar-refractivity contribution is -0.114. The standard InChI is InChI=1S/C16H21N3O4/c1-5-23-16(22)15-10-6-14(21)12(17-9(2)20)7-11(10)18-13(15)8-19(3)4/h6-7,18,21H,5,8H2,1-4H3,(H,17,20). The number of H-pyrrole nitrogens is 1. The number of amides is 1. The van der Waals surface area contributed by atoms with Crippen molar-refractivity contribution in [1.29, 1.82) is 0 Å². The summed E-state index contributed by atoms with van der Waals surface area (Å²) in [5.41, 5.74) is 2.03. The van der Waals surface area contributed by atoms with Crippen molar-refractivity contribution in [1.82, 2.24) is 9.88 Å². The molecule has 0 saturated heterocycles. The van der Waals surface area contributed by atoms with Gasteiger partial charge in [-0.25, -0.2) is 4.79 Å². The summed E-state index contributed by atoms with van der Waals surface area (Å²) in [5.74, 6) is -0.832. The first-order chi connectivity index (χ1) is 10.8. The van der Waals surface area contributed by atoms with E-state index in [0.29, 0.717) is 28.7 Å². The van der Waals surface area contributed by atoms with Gasteiger partial charge in [-0.05, 0) is 33.2 Å². The second-order valence-electron chi connectivity index (χ2n) is 5.53. The van der Waals surface area contributed by atoms with E-state index in [1.54, 1.807) is 13.0 Å². The van der Waals surface area contributed by atoms with Crippen LogP contribution in [0.1, 0.15) is 29.9 Å². The number of nitrogens with one attached hydrogen (secondary N) is 2. The van der Waals surface area contributed by atoms with E-state index in [1.807, 2.05) is 19.0 Å². The Morgan fingerprint density at radius 2 is 2.04 bits per heavy atom. The Labute approximate surface area is 134 Å². The van der Waals surface area contributed by atoms with Crippen LogP contribution < -0.4 is 5.32 Å². The summed E-state index contributed by atoms with van der Waals surface area (Å²) in [4.78, 5) is 28.6. The fourth-order valence-corrected chi connectivity index (χ4v) is 2.45. The first-order valence-electron chi connectivity index (χ1n) is 7.30. The zero-order chi connectivity index (χ0) is 17.1. The van der Waals surface area contributed by atoms with E-state index < -0.39 is 5.97 Å². The molecule has 124 valence electrons. The number of anilines is 1. The molecule has 0 aliphatic heterocycles. The number of benzene rings is 1. The number of esters is 1. The van der Waals surface area contributed by atoms with Crippen LogP contribution in [0.3, 0.4) is 0 Å². The van der Waals surface area contributed by atoms with Crippen molar-refractivity contribution in [3.05, 3.63) is 23.4 Å². The molecule has 2 rings (SSSR count). The molecule has 23 heavy (non-hydrogen) atoms. The number of phenolic OH excluding ortho intramolecular Hbond substituents is 1. The smallest absolute Gasteiger partial charge is 0.340 e. The van der Waals surface area contributed by atoms with Crippen LogP contribution in [-0.4, -0.2) is 47.6 Å².